The summed E-state index contributed by atoms with van der Waals surface area (Å²) in [5.74, 6) is 1.10. The van der Waals surface area contributed by atoms with Crippen molar-refractivity contribution in [2.24, 2.45) is 0 Å². The lowest BCUT2D eigenvalue weighted by Crippen LogP contribution is -2.12. The van der Waals surface area contributed by atoms with Gasteiger partial charge in [0.2, 0.25) is 0 Å². The van der Waals surface area contributed by atoms with Gasteiger partial charge in [0, 0.05) is 5.69 Å². The monoisotopic (exact) mass is 387 g/mol. The van der Waals surface area contributed by atoms with E-state index in [4.69, 9.17) is 0 Å². The Kier molecular flexibility index (Phi) is 8.96. The summed E-state index contributed by atoms with van der Waals surface area (Å²) in [6.07, 6.45) is -2.80. The molecule has 0 aliphatic carbocycles. The lowest BCUT2D eigenvalue weighted by molar-refractivity contribution is -0.143. The molecule has 0 atom stereocenters. The summed E-state index contributed by atoms with van der Waals surface area (Å²) in [5.41, 5.74) is -2.77. The summed E-state index contributed by atoms with van der Waals surface area (Å²) in [5, 5.41) is 2.64. The van der Waals surface area contributed by atoms with Crippen molar-refractivity contribution in [1.29, 1.82) is 0 Å². The highest BCUT2D eigenvalue weighted by Gasteiger charge is 2.36. The van der Waals surface area contributed by atoms with Crippen LogP contribution in [0.5, 0.6) is 0 Å². The fourth-order valence-corrected chi connectivity index (χ4v) is 3.07. The fraction of sp³-hybridized carbons (Fsp3) is 0.647. The zero-order valence-corrected chi connectivity index (χ0v) is 14.9. The molecular formula is C17H23F6NS. The third-order valence-electron chi connectivity index (χ3n) is 3.61. The Labute approximate surface area is 148 Å². The Morgan fingerprint density at radius 2 is 1.32 bits per heavy atom. The maximum absolute atomic E-state index is 12.8. The van der Waals surface area contributed by atoms with Gasteiger partial charge in [-0.25, -0.2) is 0 Å². The van der Waals surface area contributed by atoms with Crippen molar-refractivity contribution in [3.63, 3.8) is 0 Å². The van der Waals surface area contributed by atoms with E-state index in [9.17, 15) is 26.3 Å². The second-order valence-electron chi connectivity index (χ2n) is 5.79. The normalized spacial score (nSPS) is 12.4. The van der Waals surface area contributed by atoms with Crippen LogP contribution in [-0.4, -0.2) is 11.6 Å². The molecule has 1 nitrogen and oxygen atoms in total. The first-order chi connectivity index (χ1) is 11.6. The number of hydrogen-bond acceptors (Lipinski definition) is 2. The molecule has 0 spiro atoms. The summed E-state index contributed by atoms with van der Waals surface area (Å²) < 4.78 is 76.5. The summed E-state index contributed by atoms with van der Waals surface area (Å²) in [7, 11) is 0. The number of benzene rings is 1. The van der Waals surface area contributed by atoms with Gasteiger partial charge in [-0.2, -0.15) is 26.3 Å². The first-order valence-corrected chi connectivity index (χ1v) is 9.41. The molecule has 0 radical (unpaired) electrons. The Balaban J connectivity index is 2.50. The number of rotatable bonds is 10. The van der Waals surface area contributed by atoms with Gasteiger partial charge >= 0.3 is 12.4 Å². The number of halogens is 6. The highest BCUT2D eigenvalue weighted by molar-refractivity contribution is 7.99. The van der Waals surface area contributed by atoms with Gasteiger partial charge < -0.3 is 5.32 Å². The third kappa shape index (κ3) is 8.74. The number of thioether (sulfide) groups is 1. The summed E-state index contributed by atoms with van der Waals surface area (Å²) in [6.45, 7) is 2.14. The quantitative estimate of drug-likeness (QED) is 0.259. The first-order valence-electron chi connectivity index (χ1n) is 8.25. The molecule has 8 heteroatoms. The summed E-state index contributed by atoms with van der Waals surface area (Å²) in [4.78, 5) is 0. The molecule has 0 unspecified atom stereocenters. The van der Waals surface area contributed by atoms with Crippen LogP contribution in [0.4, 0.5) is 32.0 Å². The van der Waals surface area contributed by atoms with E-state index in [0.717, 1.165) is 25.0 Å². The highest BCUT2D eigenvalue weighted by Crippen LogP contribution is 2.37. The second kappa shape index (κ2) is 10.2. The molecule has 0 aliphatic heterocycles. The smallest absolute Gasteiger partial charge is 0.376 e. The Morgan fingerprint density at radius 3 is 1.84 bits per heavy atom. The third-order valence-corrected chi connectivity index (χ3v) is 4.53. The van der Waals surface area contributed by atoms with Gasteiger partial charge in [0.1, 0.15) is 0 Å². The molecule has 1 rings (SSSR count). The van der Waals surface area contributed by atoms with Crippen LogP contribution in [0.15, 0.2) is 18.2 Å². The van der Waals surface area contributed by atoms with Crippen LogP contribution in [0.1, 0.15) is 56.6 Å². The molecule has 0 heterocycles. The Morgan fingerprint density at radius 1 is 0.800 bits per heavy atom. The minimum absolute atomic E-state index is 0.134. The minimum Gasteiger partial charge on any atom is -0.376 e. The highest BCUT2D eigenvalue weighted by atomic mass is 32.2. The average molecular weight is 387 g/mol. The fourth-order valence-electron chi connectivity index (χ4n) is 2.25. The molecule has 25 heavy (non-hydrogen) atoms. The van der Waals surface area contributed by atoms with Crippen LogP contribution in [0, 0.1) is 0 Å². The molecule has 0 aromatic heterocycles. The molecule has 1 aromatic carbocycles. The van der Waals surface area contributed by atoms with Crippen LogP contribution < -0.4 is 5.32 Å². The standard InChI is InChI=1S/C17H23F6NS/c1-2-3-4-5-6-7-8-25-12-24-15-10-13(16(18,19)20)9-14(11-15)17(21,22)23/h9-11,24H,2-8,12H2,1H3. The van der Waals surface area contributed by atoms with E-state index in [1.54, 1.807) is 0 Å². The molecule has 0 amide bonds. The topological polar surface area (TPSA) is 12.0 Å². The molecule has 1 aromatic rings. The van der Waals surface area contributed by atoms with E-state index in [1.165, 1.54) is 31.0 Å². The van der Waals surface area contributed by atoms with Crippen molar-refractivity contribution < 1.29 is 26.3 Å². The predicted octanol–water partition coefficient (Wildman–Crippen LogP) is 7.19. The van der Waals surface area contributed by atoms with Gasteiger partial charge in [0.05, 0.1) is 17.0 Å². The van der Waals surface area contributed by atoms with Crippen LogP contribution in [0.2, 0.25) is 0 Å². The average Bonchev–Trinajstić information content (AvgIpc) is 2.51. The van der Waals surface area contributed by atoms with E-state index < -0.39 is 23.5 Å². The van der Waals surface area contributed by atoms with Gasteiger partial charge in [-0.05, 0) is 30.4 Å². The van der Waals surface area contributed by atoms with Crippen molar-refractivity contribution in [2.45, 2.75) is 57.8 Å². The van der Waals surface area contributed by atoms with Crippen LogP contribution in [0.3, 0.4) is 0 Å². The largest absolute Gasteiger partial charge is 0.416 e. The molecule has 144 valence electrons. The zero-order chi connectivity index (χ0) is 18.9. The molecule has 0 saturated heterocycles. The van der Waals surface area contributed by atoms with Crippen molar-refractivity contribution in [1.82, 2.24) is 0 Å². The maximum Gasteiger partial charge on any atom is 0.416 e. The van der Waals surface area contributed by atoms with Gasteiger partial charge in [0.15, 0.2) is 0 Å². The maximum atomic E-state index is 12.8. The SMILES string of the molecule is CCCCCCCCSCNc1cc(C(F)(F)F)cc(C(F)(F)F)c1. The predicted molar refractivity (Wildman–Crippen MR) is 90.8 cm³/mol. The van der Waals surface area contributed by atoms with E-state index in [0.29, 0.717) is 12.1 Å². The lowest BCUT2D eigenvalue weighted by Gasteiger charge is -2.15. The van der Waals surface area contributed by atoms with E-state index in [-0.39, 0.29) is 17.6 Å². The van der Waals surface area contributed by atoms with Gasteiger partial charge in [0.25, 0.3) is 0 Å². The van der Waals surface area contributed by atoms with Gasteiger partial charge in [-0.15, -0.1) is 11.8 Å². The summed E-state index contributed by atoms with van der Waals surface area (Å²) >= 11 is 1.46. The van der Waals surface area contributed by atoms with Crippen LogP contribution in [-0.2, 0) is 12.4 Å². The summed E-state index contributed by atoms with van der Waals surface area (Å²) in [6, 6.07) is 1.55. The van der Waals surface area contributed by atoms with E-state index in [2.05, 4.69) is 12.2 Å². The lowest BCUT2D eigenvalue weighted by atomic mass is 10.1. The first kappa shape index (κ1) is 22.0. The molecule has 0 bridgehead atoms. The van der Waals surface area contributed by atoms with Crippen LogP contribution in [0.25, 0.3) is 0 Å². The number of alkyl halides is 6. The second-order valence-corrected chi connectivity index (χ2v) is 6.90. The molecule has 1 N–H and O–H groups in total. The molecule has 0 saturated carbocycles. The van der Waals surface area contributed by atoms with Crippen molar-refractivity contribution in [3.05, 3.63) is 29.3 Å². The molecular weight excluding hydrogens is 364 g/mol. The Hall–Kier alpha value is -1.05. The van der Waals surface area contributed by atoms with Crippen LogP contribution >= 0.6 is 11.8 Å². The molecule has 0 aliphatic rings. The minimum atomic E-state index is -4.82. The van der Waals surface area contributed by atoms with Crippen molar-refractivity contribution >= 4 is 17.4 Å². The van der Waals surface area contributed by atoms with Crippen molar-refractivity contribution in [3.8, 4) is 0 Å². The number of hydrogen-bond donors (Lipinski definition) is 1. The van der Waals surface area contributed by atoms with Gasteiger partial charge in [-0.1, -0.05) is 39.0 Å². The number of unbranched alkanes of at least 4 members (excludes halogenated alkanes) is 5. The van der Waals surface area contributed by atoms with Crippen molar-refractivity contribution in [2.75, 3.05) is 16.9 Å². The number of nitrogens with one attached hydrogen (secondary N) is 1. The Bertz CT molecular complexity index is 481. The van der Waals surface area contributed by atoms with E-state index in [1.807, 2.05) is 0 Å². The molecule has 0 fully saturated rings. The van der Waals surface area contributed by atoms with E-state index >= 15 is 0 Å². The zero-order valence-electron chi connectivity index (χ0n) is 14.1. The van der Waals surface area contributed by atoms with Gasteiger partial charge in [-0.3, -0.25) is 0 Å². The number of anilines is 1.